The second kappa shape index (κ2) is 11.6. The summed E-state index contributed by atoms with van der Waals surface area (Å²) in [7, 11) is 0. The van der Waals surface area contributed by atoms with E-state index in [0.29, 0.717) is 38.7 Å². The minimum atomic E-state index is -1.29. The molecule has 0 radical (unpaired) electrons. The maximum absolute atomic E-state index is 11.9. The van der Waals surface area contributed by atoms with Gasteiger partial charge in [0.2, 0.25) is 0 Å². The van der Waals surface area contributed by atoms with Crippen LogP contribution in [0.1, 0.15) is 65.7 Å². The van der Waals surface area contributed by atoms with Crippen molar-refractivity contribution in [3.63, 3.8) is 0 Å². The van der Waals surface area contributed by atoms with Gasteiger partial charge in [-0.2, -0.15) is 0 Å². The lowest BCUT2D eigenvalue weighted by molar-refractivity contribution is -0.165. The van der Waals surface area contributed by atoms with Crippen LogP contribution in [0.4, 0.5) is 0 Å². The number of hydrogen-bond acceptors (Lipinski definition) is 8. The number of ketones is 2. The first-order valence-electron chi connectivity index (χ1n) is 9.87. The first-order valence-corrected chi connectivity index (χ1v) is 9.87. The van der Waals surface area contributed by atoms with Gasteiger partial charge in [0, 0.05) is 12.8 Å². The maximum Gasteiger partial charge on any atom is 0.320 e. The predicted octanol–water partition coefficient (Wildman–Crippen LogP) is 2.16. The molecule has 0 aromatic rings. The van der Waals surface area contributed by atoms with E-state index in [1.165, 1.54) is 0 Å². The number of carbonyl (C=O) groups excluding carboxylic acids is 5. The smallest absolute Gasteiger partial charge is 0.320 e. The third kappa shape index (κ3) is 6.14. The Morgan fingerprint density at radius 2 is 1.57 bits per heavy atom. The molecule has 158 valence electrons. The van der Waals surface area contributed by atoms with Crippen LogP contribution in [0.15, 0.2) is 0 Å². The summed E-state index contributed by atoms with van der Waals surface area (Å²) in [5.74, 6) is -2.05. The van der Waals surface area contributed by atoms with Gasteiger partial charge in [0.25, 0.3) is 0 Å². The van der Waals surface area contributed by atoms with Crippen LogP contribution in [0.5, 0.6) is 0 Å². The highest BCUT2D eigenvalue weighted by molar-refractivity contribution is 6.07. The van der Waals surface area contributed by atoms with E-state index in [1.54, 1.807) is 20.8 Å². The molecule has 8 nitrogen and oxygen atoms in total. The van der Waals surface area contributed by atoms with Gasteiger partial charge in [-0.1, -0.05) is 0 Å². The van der Waals surface area contributed by atoms with Gasteiger partial charge in [0.15, 0.2) is 5.78 Å². The van der Waals surface area contributed by atoms with Crippen LogP contribution >= 0.6 is 0 Å². The minimum absolute atomic E-state index is 0.0449. The number of hydrogen-bond donors (Lipinski definition) is 0. The monoisotopic (exact) mass is 398 g/mol. The first-order chi connectivity index (χ1) is 13.3. The van der Waals surface area contributed by atoms with E-state index in [0.717, 1.165) is 6.42 Å². The molecule has 0 aliphatic heterocycles. The average molecular weight is 398 g/mol. The summed E-state index contributed by atoms with van der Waals surface area (Å²) >= 11 is 0. The lowest BCUT2D eigenvalue weighted by Gasteiger charge is -2.23. The quantitative estimate of drug-likeness (QED) is 0.364. The summed E-state index contributed by atoms with van der Waals surface area (Å²) in [6.07, 6.45) is 3.20. The van der Waals surface area contributed by atoms with Crippen molar-refractivity contribution in [2.24, 2.45) is 11.3 Å². The summed E-state index contributed by atoms with van der Waals surface area (Å²) < 4.78 is 14.5. The number of rotatable bonds is 7. The third-order valence-corrected chi connectivity index (χ3v) is 4.83. The molecule has 28 heavy (non-hydrogen) atoms. The number of Topliss-reactive ketones (excluding diaryl/α,β-unsaturated/α-hetero) is 2. The fourth-order valence-electron chi connectivity index (χ4n) is 3.44. The topological polar surface area (TPSA) is 113 Å². The van der Waals surface area contributed by atoms with E-state index in [2.05, 4.69) is 0 Å². The molecule has 0 N–H and O–H groups in total. The van der Waals surface area contributed by atoms with E-state index in [-0.39, 0.29) is 37.2 Å². The van der Waals surface area contributed by atoms with E-state index in [1.807, 2.05) is 0 Å². The molecule has 0 amide bonds. The predicted molar refractivity (Wildman–Crippen MR) is 98.2 cm³/mol. The zero-order valence-electron chi connectivity index (χ0n) is 16.9. The van der Waals surface area contributed by atoms with Crippen molar-refractivity contribution in [1.29, 1.82) is 0 Å². The van der Waals surface area contributed by atoms with Gasteiger partial charge in [-0.15, -0.1) is 0 Å². The van der Waals surface area contributed by atoms with Crippen molar-refractivity contribution in [3.8, 4) is 0 Å². The molecular weight excluding hydrogens is 368 g/mol. The lowest BCUT2D eigenvalue weighted by Crippen LogP contribution is -2.39. The molecule has 2 rings (SSSR count). The van der Waals surface area contributed by atoms with E-state index in [4.69, 9.17) is 14.2 Å². The van der Waals surface area contributed by atoms with Crippen LogP contribution in [0, 0.1) is 11.3 Å². The molecule has 2 saturated carbocycles. The Bertz CT molecular complexity index is 597. The zero-order chi connectivity index (χ0) is 21.2. The lowest BCUT2D eigenvalue weighted by atomic mass is 9.82. The highest BCUT2D eigenvalue weighted by Crippen LogP contribution is 2.39. The highest BCUT2D eigenvalue weighted by atomic mass is 16.5. The zero-order valence-corrected chi connectivity index (χ0v) is 16.9. The third-order valence-electron chi connectivity index (χ3n) is 4.83. The molecule has 0 saturated heterocycles. The SMILES string of the molecule is CCOC(=O)C1CCCC1=O.CCOC(=O)CC1(C(=O)OCC)CCCC1=O. The number of carbonyl (C=O) groups is 5. The summed E-state index contributed by atoms with van der Waals surface area (Å²) in [5.41, 5.74) is -1.29. The fourth-order valence-corrected chi connectivity index (χ4v) is 3.44. The van der Waals surface area contributed by atoms with E-state index >= 15 is 0 Å². The molecular formula is C20H30O8. The standard InChI is InChI=1S/C12H18O5.C8H12O3/c1-3-16-10(14)8-12(11(15)17-4-2)7-5-6-9(12)13;1-2-11-8(10)6-4-3-5-7(6)9/h3-8H2,1-2H3;6H,2-5H2,1H3. The fraction of sp³-hybridized carbons (Fsp3) is 0.750. The van der Waals surface area contributed by atoms with Crippen LogP contribution in [0.3, 0.4) is 0 Å². The highest BCUT2D eigenvalue weighted by Gasteiger charge is 2.51. The van der Waals surface area contributed by atoms with Gasteiger partial charge in [0.1, 0.15) is 17.1 Å². The van der Waals surface area contributed by atoms with Gasteiger partial charge >= 0.3 is 17.9 Å². The van der Waals surface area contributed by atoms with Gasteiger partial charge in [-0.3, -0.25) is 24.0 Å². The minimum Gasteiger partial charge on any atom is -0.466 e. The molecule has 2 atom stereocenters. The Morgan fingerprint density at radius 3 is 2.04 bits per heavy atom. The Morgan fingerprint density at radius 1 is 0.929 bits per heavy atom. The molecule has 2 aliphatic carbocycles. The Hall–Kier alpha value is -2.25. The van der Waals surface area contributed by atoms with Crippen molar-refractivity contribution in [3.05, 3.63) is 0 Å². The van der Waals surface area contributed by atoms with Gasteiger partial charge in [-0.05, 0) is 46.5 Å². The Balaban J connectivity index is 0.000000307. The van der Waals surface area contributed by atoms with E-state index in [9.17, 15) is 24.0 Å². The second-order valence-corrected chi connectivity index (χ2v) is 6.72. The molecule has 2 aliphatic rings. The van der Waals surface area contributed by atoms with Crippen molar-refractivity contribution in [2.45, 2.75) is 65.7 Å². The van der Waals surface area contributed by atoms with Crippen LogP contribution in [0.2, 0.25) is 0 Å². The normalized spacial score (nSPS) is 23.6. The van der Waals surface area contributed by atoms with Crippen LogP contribution in [-0.4, -0.2) is 49.3 Å². The summed E-state index contributed by atoms with van der Waals surface area (Å²) in [6, 6.07) is 0. The van der Waals surface area contributed by atoms with Crippen LogP contribution in [-0.2, 0) is 38.2 Å². The van der Waals surface area contributed by atoms with Crippen molar-refractivity contribution < 1.29 is 38.2 Å². The Labute approximate surface area is 165 Å². The first kappa shape index (κ1) is 23.8. The summed E-state index contributed by atoms with van der Waals surface area (Å²) in [5, 5.41) is 0. The summed E-state index contributed by atoms with van der Waals surface area (Å²) in [4.78, 5) is 57.2. The van der Waals surface area contributed by atoms with Gasteiger partial charge in [0.05, 0.1) is 26.2 Å². The molecule has 0 aromatic carbocycles. The van der Waals surface area contributed by atoms with Crippen molar-refractivity contribution in [2.75, 3.05) is 19.8 Å². The van der Waals surface area contributed by atoms with Crippen LogP contribution < -0.4 is 0 Å². The molecule has 8 heteroatoms. The largest absolute Gasteiger partial charge is 0.466 e. The molecule has 2 unspecified atom stereocenters. The maximum atomic E-state index is 11.9. The Kier molecular flexibility index (Phi) is 9.82. The van der Waals surface area contributed by atoms with Crippen LogP contribution in [0.25, 0.3) is 0 Å². The molecule has 0 spiro atoms. The van der Waals surface area contributed by atoms with Crippen molar-refractivity contribution >= 4 is 29.5 Å². The number of esters is 3. The molecule has 0 heterocycles. The average Bonchev–Trinajstić information content (AvgIpc) is 3.23. The second-order valence-electron chi connectivity index (χ2n) is 6.72. The van der Waals surface area contributed by atoms with Gasteiger partial charge < -0.3 is 14.2 Å². The van der Waals surface area contributed by atoms with E-state index < -0.39 is 23.3 Å². The number of ether oxygens (including phenoxy) is 3. The summed E-state index contributed by atoms with van der Waals surface area (Å²) in [6.45, 7) is 5.92. The molecule has 0 bridgehead atoms. The molecule has 0 aromatic heterocycles. The molecule has 2 fully saturated rings. The van der Waals surface area contributed by atoms with Crippen molar-refractivity contribution in [1.82, 2.24) is 0 Å². The van der Waals surface area contributed by atoms with Gasteiger partial charge in [-0.25, -0.2) is 0 Å².